The van der Waals surface area contributed by atoms with Crippen molar-refractivity contribution in [3.05, 3.63) is 34.9 Å². The van der Waals surface area contributed by atoms with Crippen LogP contribution < -0.4 is 5.32 Å². The number of hydrogen-bond donors (Lipinski definition) is 2. The molecule has 1 aromatic rings. The first-order valence-electron chi connectivity index (χ1n) is 7.42. The maximum Gasteiger partial charge on any atom is 0.311 e. The molecule has 2 rings (SSSR count). The third-order valence-corrected chi connectivity index (χ3v) is 4.72. The van der Waals surface area contributed by atoms with E-state index in [1.54, 1.807) is 6.92 Å². The molecule has 1 fully saturated rings. The molecule has 1 aromatic carbocycles. The van der Waals surface area contributed by atoms with Crippen LogP contribution in [0.4, 0.5) is 0 Å². The minimum absolute atomic E-state index is 0.0994. The average Bonchev–Trinajstić information content (AvgIpc) is 2.77. The van der Waals surface area contributed by atoms with Gasteiger partial charge in [-0.2, -0.15) is 0 Å². The molecule has 2 atom stereocenters. The topological polar surface area (TPSA) is 66.4 Å². The Balaban J connectivity index is 2.01. The fourth-order valence-electron chi connectivity index (χ4n) is 3.00. The van der Waals surface area contributed by atoms with Gasteiger partial charge in [0, 0.05) is 6.04 Å². The average molecular weight is 289 g/mol. The number of rotatable bonds is 4. The van der Waals surface area contributed by atoms with Crippen LogP contribution in [0.2, 0.25) is 0 Å². The van der Waals surface area contributed by atoms with Gasteiger partial charge in [0.05, 0.1) is 11.8 Å². The highest BCUT2D eigenvalue weighted by Gasteiger charge is 2.45. The lowest BCUT2D eigenvalue weighted by atomic mass is 9.85. The van der Waals surface area contributed by atoms with Gasteiger partial charge in [-0.1, -0.05) is 24.6 Å². The van der Waals surface area contributed by atoms with Gasteiger partial charge in [-0.05, 0) is 50.3 Å². The van der Waals surface area contributed by atoms with Gasteiger partial charge in [0.2, 0.25) is 5.91 Å². The Bertz CT molecular complexity index is 567. The molecular weight excluding hydrogens is 266 g/mol. The molecule has 0 heterocycles. The minimum atomic E-state index is -0.834. The zero-order chi connectivity index (χ0) is 15.6. The third-order valence-electron chi connectivity index (χ3n) is 4.72. The number of nitrogens with one attached hydrogen (secondary N) is 1. The Morgan fingerprint density at radius 2 is 2.05 bits per heavy atom. The Kier molecular flexibility index (Phi) is 4.35. The van der Waals surface area contributed by atoms with Gasteiger partial charge in [-0.3, -0.25) is 9.59 Å². The van der Waals surface area contributed by atoms with Crippen LogP contribution in [0.25, 0.3) is 0 Å². The van der Waals surface area contributed by atoms with Gasteiger partial charge in [-0.25, -0.2) is 0 Å². The van der Waals surface area contributed by atoms with Gasteiger partial charge in [0.15, 0.2) is 0 Å². The van der Waals surface area contributed by atoms with Crippen LogP contribution in [0.15, 0.2) is 18.2 Å². The molecule has 0 aromatic heterocycles. The van der Waals surface area contributed by atoms with Crippen LogP contribution in [-0.2, 0) is 16.0 Å². The fraction of sp³-hybridized carbons (Fsp3) is 0.529. The number of carbonyl (C=O) groups excluding carboxylic acids is 1. The molecule has 4 nitrogen and oxygen atoms in total. The van der Waals surface area contributed by atoms with Crippen LogP contribution in [0.5, 0.6) is 0 Å². The molecule has 114 valence electrons. The van der Waals surface area contributed by atoms with Gasteiger partial charge in [0.1, 0.15) is 0 Å². The third kappa shape index (κ3) is 3.26. The highest BCUT2D eigenvalue weighted by atomic mass is 16.4. The summed E-state index contributed by atoms with van der Waals surface area (Å²) in [7, 11) is 0. The molecule has 0 aliphatic heterocycles. The van der Waals surface area contributed by atoms with Crippen molar-refractivity contribution in [2.45, 2.75) is 52.5 Å². The minimum Gasteiger partial charge on any atom is -0.481 e. The van der Waals surface area contributed by atoms with Crippen LogP contribution in [0.3, 0.4) is 0 Å². The number of carboxylic acids is 1. The first-order valence-corrected chi connectivity index (χ1v) is 7.42. The molecule has 0 bridgehead atoms. The Morgan fingerprint density at radius 1 is 1.33 bits per heavy atom. The summed E-state index contributed by atoms with van der Waals surface area (Å²) >= 11 is 0. The van der Waals surface area contributed by atoms with Crippen molar-refractivity contribution in [3.8, 4) is 0 Å². The number of aliphatic carboxylic acids is 1. The quantitative estimate of drug-likeness (QED) is 0.895. The van der Waals surface area contributed by atoms with E-state index in [0.29, 0.717) is 12.8 Å². The standard InChI is InChI=1S/C17H23NO3/c1-11-6-7-13(9-12(11)2)10-15(19)18-14-5-4-8-17(14,3)16(20)21/h6-7,9,14H,4-5,8,10H2,1-3H3,(H,18,19)(H,20,21). The Morgan fingerprint density at radius 3 is 2.67 bits per heavy atom. The fourth-order valence-corrected chi connectivity index (χ4v) is 3.00. The Hall–Kier alpha value is -1.84. The van der Waals surface area contributed by atoms with E-state index in [0.717, 1.165) is 24.0 Å². The highest BCUT2D eigenvalue weighted by Crippen LogP contribution is 2.38. The van der Waals surface area contributed by atoms with Gasteiger partial charge in [-0.15, -0.1) is 0 Å². The van der Waals surface area contributed by atoms with Crippen LogP contribution in [-0.4, -0.2) is 23.0 Å². The SMILES string of the molecule is Cc1ccc(CC(=O)NC2CCCC2(C)C(=O)O)cc1C. The van der Waals surface area contributed by atoms with E-state index in [1.165, 1.54) is 5.56 Å². The molecule has 4 heteroatoms. The van der Waals surface area contributed by atoms with E-state index in [-0.39, 0.29) is 11.9 Å². The van der Waals surface area contributed by atoms with Crippen molar-refractivity contribution < 1.29 is 14.7 Å². The van der Waals surface area contributed by atoms with Gasteiger partial charge in [0.25, 0.3) is 0 Å². The van der Waals surface area contributed by atoms with Crippen molar-refractivity contribution >= 4 is 11.9 Å². The molecule has 1 saturated carbocycles. The molecule has 1 aliphatic rings. The summed E-state index contributed by atoms with van der Waals surface area (Å²) in [5.74, 6) is -0.922. The maximum atomic E-state index is 12.2. The lowest BCUT2D eigenvalue weighted by Crippen LogP contribution is -2.47. The van der Waals surface area contributed by atoms with Crippen molar-refractivity contribution in [1.82, 2.24) is 5.32 Å². The first-order chi connectivity index (χ1) is 9.83. The zero-order valence-electron chi connectivity index (χ0n) is 12.9. The van der Waals surface area contributed by atoms with Crippen LogP contribution in [0.1, 0.15) is 42.9 Å². The van der Waals surface area contributed by atoms with Crippen LogP contribution in [0, 0.1) is 19.3 Å². The number of amides is 1. The predicted molar refractivity (Wildman–Crippen MR) is 81.1 cm³/mol. The normalized spacial score (nSPS) is 24.8. The summed E-state index contributed by atoms with van der Waals surface area (Å²) in [5, 5.41) is 12.3. The second-order valence-corrected chi connectivity index (χ2v) is 6.33. The highest BCUT2D eigenvalue weighted by molar-refractivity contribution is 5.81. The number of hydrogen-bond acceptors (Lipinski definition) is 2. The zero-order valence-corrected chi connectivity index (χ0v) is 12.9. The summed E-state index contributed by atoms with van der Waals surface area (Å²) in [6.07, 6.45) is 2.50. The summed E-state index contributed by atoms with van der Waals surface area (Å²) < 4.78 is 0. The van der Waals surface area contributed by atoms with Crippen molar-refractivity contribution in [3.63, 3.8) is 0 Å². The summed E-state index contributed by atoms with van der Waals surface area (Å²) in [6.45, 7) is 5.79. The Labute approximate surface area is 125 Å². The van der Waals surface area contributed by atoms with Gasteiger partial charge >= 0.3 is 5.97 Å². The number of carboxylic acid groups (broad SMARTS) is 1. The molecule has 1 aliphatic carbocycles. The van der Waals surface area contributed by atoms with E-state index in [4.69, 9.17) is 0 Å². The largest absolute Gasteiger partial charge is 0.481 e. The molecular formula is C17H23NO3. The molecule has 21 heavy (non-hydrogen) atoms. The lowest BCUT2D eigenvalue weighted by Gasteiger charge is -2.27. The second-order valence-electron chi connectivity index (χ2n) is 6.33. The van der Waals surface area contributed by atoms with Crippen molar-refractivity contribution in [2.24, 2.45) is 5.41 Å². The summed E-state index contributed by atoms with van der Waals surface area (Å²) in [4.78, 5) is 23.6. The van der Waals surface area contributed by atoms with E-state index >= 15 is 0 Å². The maximum absolute atomic E-state index is 12.2. The number of benzene rings is 1. The smallest absolute Gasteiger partial charge is 0.311 e. The molecule has 0 spiro atoms. The molecule has 2 unspecified atom stereocenters. The number of aryl methyl sites for hydroxylation is 2. The monoisotopic (exact) mass is 289 g/mol. The van der Waals surface area contributed by atoms with E-state index < -0.39 is 11.4 Å². The lowest BCUT2D eigenvalue weighted by molar-refractivity contribution is -0.149. The first kappa shape index (κ1) is 15.5. The van der Waals surface area contributed by atoms with Crippen LogP contribution >= 0.6 is 0 Å². The van der Waals surface area contributed by atoms with Crippen molar-refractivity contribution in [1.29, 1.82) is 0 Å². The summed E-state index contributed by atoms with van der Waals surface area (Å²) in [6, 6.07) is 5.70. The second kappa shape index (κ2) is 5.88. The molecule has 2 N–H and O–H groups in total. The van der Waals surface area contributed by atoms with E-state index in [2.05, 4.69) is 5.32 Å². The van der Waals surface area contributed by atoms with Gasteiger partial charge < -0.3 is 10.4 Å². The van der Waals surface area contributed by atoms with E-state index in [1.807, 2.05) is 32.0 Å². The molecule has 1 amide bonds. The molecule has 0 radical (unpaired) electrons. The molecule has 0 saturated heterocycles. The van der Waals surface area contributed by atoms with E-state index in [9.17, 15) is 14.7 Å². The predicted octanol–water partition coefficient (Wildman–Crippen LogP) is 2.61. The summed E-state index contributed by atoms with van der Waals surface area (Å²) in [5.41, 5.74) is 2.49. The van der Waals surface area contributed by atoms with Crippen molar-refractivity contribution in [2.75, 3.05) is 0 Å². The number of carbonyl (C=O) groups is 2.